The van der Waals surface area contributed by atoms with Gasteiger partial charge in [0.2, 0.25) is 0 Å². The zero-order chi connectivity index (χ0) is 22.2. The maximum absolute atomic E-state index is 10.4. The van der Waals surface area contributed by atoms with Gasteiger partial charge in [-0.25, -0.2) is 9.78 Å². The molecule has 0 amide bonds. The van der Waals surface area contributed by atoms with Crippen LogP contribution in [0.25, 0.3) is 0 Å². The van der Waals surface area contributed by atoms with E-state index < -0.39 is 24.6 Å². The molecule has 0 aromatic heterocycles. The molecular formula is C21H43NO7. The third-order valence-electron chi connectivity index (χ3n) is 5.98. The van der Waals surface area contributed by atoms with Gasteiger partial charge in [0.05, 0.1) is 30.5 Å². The van der Waals surface area contributed by atoms with E-state index in [-0.39, 0.29) is 23.7 Å². The molecule has 8 heteroatoms. The molecule has 0 spiro atoms. The third-order valence-corrected chi connectivity index (χ3v) is 5.98. The Kier molecular flexibility index (Phi) is 11.5. The van der Waals surface area contributed by atoms with Crippen LogP contribution in [-0.4, -0.2) is 93.9 Å². The van der Waals surface area contributed by atoms with E-state index >= 15 is 0 Å². The first kappa shape index (κ1) is 26.7. The van der Waals surface area contributed by atoms with E-state index in [1.165, 1.54) is 0 Å². The van der Waals surface area contributed by atoms with Crippen LogP contribution in [0.5, 0.6) is 0 Å². The Bertz CT molecular complexity index is 443. The largest absolute Gasteiger partial charge is 0.392 e. The van der Waals surface area contributed by atoms with Crippen molar-refractivity contribution >= 4 is 0 Å². The fourth-order valence-corrected chi connectivity index (χ4v) is 4.41. The maximum atomic E-state index is 10.4. The lowest BCUT2D eigenvalue weighted by atomic mass is 9.78. The first-order valence-corrected chi connectivity index (χ1v) is 10.6. The molecule has 0 aromatic rings. The molecule has 29 heavy (non-hydrogen) atoms. The summed E-state index contributed by atoms with van der Waals surface area (Å²) in [4.78, 5) is 12.7. The van der Waals surface area contributed by atoms with Crippen LogP contribution in [0.3, 0.4) is 0 Å². The summed E-state index contributed by atoms with van der Waals surface area (Å²) in [6.07, 6.45) is -0.493. The van der Waals surface area contributed by atoms with Gasteiger partial charge in [-0.1, -0.05) is 6.92 Å². The lowest BCUT2D eigenvalue weighted by Crippen LogP contribution is -2.57. The van der Waals surface area contributed by atoms with Crippen LogP contribution in [0.2, 0.25) is 0 Å². The van der Waals surface area contributed by atoms with Crippen LogP contribution < -0.4 is 0 Å². The minimum Gasteiger partial charge on any atom is -0.392 e. The standard InChI is InChI=1S/C21H43NO7/c1-10-17-15(3)27-18(13-21(17,5)25-9)28-20(19(14(2)23)22(6)7)16(4)29-26-12-11-24-8/h14-20,23H,10-13H2,1-9H3. The number of methoxy groups -OCH3 is 2. The second-order valence-electron chi connectivity index (χ2n) is 8.42. The molecule has 1 N–H and O–H groups in total. The molecule has 8 unspecified atom stereocenters. The second kappa shape index (κ2) is 12.5. The van der Waals surface area contributed by atoms with Crippen LogP contribution in [0.15, 0.2) is 0 Å². The van der Waals surface area contributed by atoms with Gasteiger partial charge in [0.15, 0.2) is 6.29 Å². The molecule has 174 valence electrons. The highest BCUT2D eigenvalue weighted by molar-refractivity contribution is 4.93. The molecule has 0 bridgehead atoms. The van der Waals surface area contributed by atoms with Gasteiger partial charge in [0, 0.05) is 26.6 Å². The van der Waals surface area contributed by atoms with Gasteiger partial charge >= 0.3 is 0 Å². The van der Waals surface area contributed by atoms with E-state index in [0.29, 0.717) is 19.6 Å². The predicted octanol–water partition coefficient (Wildman–Crippen LogP) is 2.23. The Morgan fingerprint density at radius 1 is 1.21 bits per heavy atom. The van der Waals surface area contributed by atoms with Gasteiger partial charge in [-0.2, -0.15) is 0 Å². The van der Waals surface area contributed by atoms with E-state index in [0.717, 1.165) is 6.42 Å². The molecule has 0 aliphatic carbocycles. The molecule has 1 aliphatic heterocycles. The highest BCUT2D eigenvalue weighted by Gasteiger charge is 2.47. The van der Waals surface area contributed by atoms with Crippen molar-refractivity contribution in [2.24, 2.45) is 5.92 Å². The predicted molar refractivity (Wildman–Crippen MR) is 111 cm³/mol. The van der Waals surface area contributed by atoms with Crippen molar-refractivity contribution in [3.05, 3.63) is 0 Å². The van der Waals surface area contributed by atoms with Crippen molar-refractivity contribution in [2.75, 3.05) is 41.5 Å². The summed E-state index contributed by atoms with van der Waals surface area (Å²) in [5, 5.41) is 10.4. The highest BCUT2D eigenvalue weighted by Crippen LogP contribution is 2.39. The number of nitrogens with zero attached hydrogens (tertiary/aromatic N) is 1. The summed E-state index contributed by atoms with van der Waals surface area (Å²) in [5.74, 6) is 0.276. The average Bonchev–Trinajstić information content (AvgIpc) is 2.63. The van der Waals surface area contributed by atoms with Crippen LogP contribution in [0.4, 0.5) is 0 Å². The monoisotopic (exact) mass is 421 g/mol. The third kappa shape index (κ3) is 7.40. The van der Waals surface area contributed by atoms with Gasteiger partial charge in [-0.05, 0) is 48.2 Å². The van der Waals surface area contributed by atoms with Crippen molar-refractivity contribution in [1.82, 2.24) is 4.90 Å². The zero-order valence-corrected chi connectivity index (χ0v) is 19.7. The van der Waals surface area contributed by atoms with E-state index in [1.54, 1.807) is 21.1 Å². The molecule has 1 saturated heterocycles. The molecule has 8 nitrogen and oxygen atoms in total. The van der Waals surface area contributed by atoms with Gasteiger partial charge in [-0.15, -0.1) is 0 Å². The van der Waals surface area contributed by atoms with Gasteiger partial charge < -0.3 is 29.0 Å². The Labute approximate surface area is 176 Å². The Balaban J connectivity index is 2.98. The zero-order valence-electron chi connectivity index (χ0n) is 19.7. The molecule has 1 aliphatic rings. The number of aliphatic hydroxyl groups excluding tert-OH is 1. The number of ether oxygens (including phenoxy) is 4. The molecule has 8 atom stereocenters. The number of aliphatic hydroxyl groups is 1. The summed E-state index contributed by atoms with van der Waals surface area (Å²) < 4.78 is 23.5. The van der Waals surface area contributed by atoms with E-state index in [1.807, 2.05) is 25.9 Å². The van der Waals surface area contributed by atoms with Crippen molar-refractivity contribution in [3.8, 4) is 0 Å². The summed E-state index contributed by atoms with van der Waals surface area (Å²) in [6, 6.07) is -0.312. The molecule has 0 saturated carbocycles. The van der Waals surface area contributed by atoms with Crippen LogP contribution in [-0.2, 0) is 28.7 Å². The molecule has 0 radical (unpaired) electrons. The van der Waals surface area contributed by atoms with Crippen LogP contribution in [0, 0.1) is 5.92 Å². The number of hydrogen-bond acceptors (Lipinski definition) is 8. The minimum absolute atomic E-state index is 0.0112. The summed E-state index contributed by atoms with van der Waals surface area (Å²) in [6.45, 7) is 10.7. The molecule has 1 rings (SSSR count). The fraction of sp³-hybridized carbons (Fsp3) is 1.00. The first-order chi connectivity index (χ1) is 13.6. The quantitative estimate of drug-likeness (QED) is 0.276. The fourth-order valence-electron chi connectivity index (χ4n) is 4.41. The Morgan fingerprint density at radius 2 is 1.86 bits per heavy atom. The number of hydrogen-bond donors (Lipinski definition) is 1. The Morgan fingerprint density at radius 3 is 2.34 bits per heavy atom. The lowest BCUT2D eigenvalue weighted by molar-refractivity contribution is -0.360. The van der Waals surface area contributed by atoms with Gasteiger partial charge in [0.25, 0.3) is 0 Å². The van der Waals surface area contributed by atoms with Crippen LogP contribution in [0.1, 0.15) is 47.5 Å². The lowest BCUT2D eigenvalue weighted by Gasteiger charge is -2.48. The molecule has 1 heterocycles. The van der Waals surface area contributed by atoms with Crippen molar-refractivity contribution in [1.29, 1.82) is 0 Å². The van der Waals surface area contributed by atoms with E-state index in [9.17, 15) is 5.11 Å². The maximum Gasteiger partial charge on any atom is 0.161 e. The summed E-state index contributed by atoms with van der Waals surface area (Å²) in [5.41, 5.74) is -0.348. The van der Waals surface area contributed by atoms with Gasteiger partial charge in [-0.3, -0.25) is 0 Å². The highest BCUT2D eigenvalue weighted by atomic mass is 17.2. The molecule has 0 aromatic carbocycles. The summed E-state index contributed by atoms with van der Waals surface area (Å²) in [7, 11) is 7.15. The average molecular weight is 422 g/mol. The Hall–Kier alpha value is -0.320. The normalized spacial score (nSPS) is 32.2. The molecule has 1 fully saturated rings. The van der Waals surface area contributed by atoms with E-state index in [2.05, 4.69) is 20.8 Å². The minimum atomic E-state index is -0.641. The van der Waals surface area contributed by atoms with Crippen molar-refractivity contribution in [2.45, 2.75) is 89.8 Å². The number of rotatable bonds is 13. The first-order valence-electron chi connectivity index (χ1n) is 10.6. The summed E-state index contributed by atoms with van der Waals surface area (Å²) >= 11 is 0. The van der Waals surface area contributed by atoms with E-state index in [4.69, 9.17) is 28.7 Å². The number of likely N-dealkylation sites (N-methyl/N-ethyl adjacent to an activating group) is 1. The van der Waals surface area contributed by atoms with Crippen molar-refractivity contribution < 1.29 is 33.8 Å². The van der Waals surface area contributed by atoms with Crippen LogP contribution >= 0.6 is 0 Å². The second-order valence-corrected chi connectivity index (χ2v) is 8.42. The smallest absolute Gasteiger partial charge is 0.161 e. The van der Waals surface area contributed by atoms with Gasteiger partial charge in [0.1, 0.15) is 18.8 Å². The van der Waals surface area contributed by atoms with Crippen molar-refractivity contribution in [3.63, 3.8) is 0 Å². The molecular weight excluding hydrogens is 378 g/mol. The SMILES string of the molecule is CCC1C(C)OC(OC(C(C)OOCCOC)C(C(C)O)N(C)C)CC1(C)OC. The topological polar surface area (TPSA) is 78.9 Å².